The number of rotatable bonds is 3. The van der Waals surface area contributed by atoms with Crippen molar-refractivity contribution in [3.63, 3.8) is 0 Å². The molecule has 0 unspecified atom stereocenters. The lowest BCUT2D eigenvalue weighted by atomic mass is 9.74. The van der Waals surface area contributed by atoms with Crippen LogP contribution in [0, 0.1) is 12.8 Å². The fourth-order valence-electron chi connectivity index (χ4n) is 2.99. The molecule has 0 bridgehead atoms. The quantitative estimate of drug-likeness (QED) is 0.835. The summed E-state index contributed by atoms with van der Waals surface area (Å²) in [5, 5.41) is 12.8. The molecule has 0 saturated heterocycles. The van der Waals surface area contributed by atoms with E-state index in [1.54, 1.807) is 11.3 Å². The molecular weight excluding hydrogens is 216 g/mol. The van der Waals surface area contributed by atoms with Crippen LogP contribution in [0.5, 0.6) is 0 Å². The molecule has 2 rings (SSSR count). The predicted molar refractivity (Wildman–Crippen MR) is 69.8 cm³/mol. The Bertz CT molecular complexity index is 334. The Morgan fingerprint density at radius 3 is 2.62 bits per heavy atom. The fourth-order valence-corrected chi connectivity index (χ4v) is 3.78. The van der Waals surface area contributed by atoms with Crippen molar-refractivity contribution in [3.8, 4) is 0 Å². The molecular formula is C14H22OS. The molecule has 16 heavy (non-hydrogen) atoms. The third-order valence-corrected chi connectivity index (χ3v) is 4.84. The zero-order chi connectivity index (χ0) is 11.6. The predicted octanol–water partition coefficient (Wildman–Crippen LogP) is 4.23. The van der Waals surface area contributed by atoms with Crippen LogP contribution in [0.4, 0.5) is 0 Å². The van der Waals surface area contributed by atoms with Gasteiger partial charge in [0.15, 0.2) is 0 Å². The Labute approximate surface area is 103 Å². The van der Waals surface area contributed by atoms with Crippen LogP contribution >= 0.6 is 11.3 Å². The van der Waals surface area contributed by atoms with E-state index < -0.39 is 5.60 Å². The van der Waals surface area contributed by atoms with Crippen molar-refractivity contribution in [1.29, 1.82) is 0 Å². The van der Waals surface area contributed by atoms with Crippen LogP contribution in [-0.2, 0) is 5.60 Å². The third kappa shape index (κ3) is 2.33. The molecule has 1 aromatic rings. The summed E-state index contributed by atoms with van der Waals surface area (Å²) in [6.45, 7) is 4.37. The lowest BCUT2D eigenvalue weighted by Gasteiger charge is -2.36. The monoisotopic (exact) mass is 238 g/mol. The molecule has 0 spiro atoms. The van der Waals surface area contributed by atoms with Crippen LogP contribution in [0.3, 0.4) is 0 Å². The van der Waals surface area contributed by atoms with Gasteiger partial charge in [0.2, 0.25) is 0 Å². The van der Waals surface area contributed by atoms with Gasteiger partial charge in [-0.2, -0.15) is 0 Å². The largest absolute Gasteiger partial charge is 0.385 e. The molecule has 1 fully saturated rings. The zero-order valence-electron chi connectivity index (χ0n) is 10.3. The van der Waals surface area contributed by atoms with Crippen LogP contribution in [0.2, 0.25) is 0 Å². The summed E-state index contributed by atoms with van der Waals surface area (Å²) in [6, 6.07) is 2.11. The first-order chi connectivity index (χ1) is 7.65. The van der Waals surface area contributed by atoms with Crippen molar-refractivity contribution in [3.05, 3.63) is 21.9 Å². The zero-order valence-corrected chi connectivity index (χ0v) is 11.1. The molecule has 1 aromatic heterocycles. The van der Waals surface area contributed by atoms with E-state index in [9.17, 15) is 5.11 Å². The highest BCUT2D eigenvalue weighted by atomic mass is 32.1. The number of aryl methyl sites for hydroxylation is 1. The summed E-state index contributed by atoms with van der Waals surface area (Å²) < 4.78 is 0. The van der Waals surface area contributed by atoms with Crippen LogP contribution in [0.25, 0.3) is 0 Å². The van der Waals surface area contributed by atoms with Crippen molar-refractivity contribution in [2.45, 2.75) is 58.0 Å². The molecule has 0 amide bonds. The molecule has 1 aliphatic carbocycles. The highest BCUT2D eigenvalue weighted by molar-refractivity contribution is 7.10. The van der Waals surface area contributed by atoms with E-state index in [4.69, 9.17) is 0 Å². The molecule has 0 aromatic carbocycles. The van der Waals surface area contributed by atoms with Crippen molar-refractivity contribution >= 4 is 11.3 Å². The molecule has 0 radical (unpaired) electrons. The maximum Gasteiger partial charge on any atom is 0.0907 e. The molecule has 90 valence electrons. The SMILES string of the molecule is CCCC1CCC(O)(c2ccsc2C)CC1. The van der Waals surface area contributed by atoms with Gasteiger partial charge >= 0.3 is 0 Å². The first kappa shape index (κ1) is 12.1. The first-order valence-corrected chi connectivity index (χ1v) is 7.30. The maximum absolute atomic E-state index is 10.7. The third-order valence-electron chi connectivity index (χ3n) is 3.99. The molecule has 2 heteroatoms. The van der Waals surface area contributed by atoms with Gasteiger partial charge in [0, 0.05) is 4.88 Å². The van der Waals surface area contributed by atoms with E-state index in [0.29, 0.717) is 0 Å². The lowest BCUT2D eigenvalue weighted by Crippen LogP contribution is -2.31. The van der Waals surface area contributed by atoms with Crippen molar-refractivity contribution < 1.29 is 5.11 Å². The highest BCUT2D eigenvalue weighted by Crippen LogP contribution is 2.42. The molecule has 1 heterocycles. The molecule has 1 N–H and O–H groups in total. The van der Waals surface area contributed by atoms with E-state index in [-0.39, 0.29) is 0 Å². The average Bonchev–Trinajstić information content (AvgIpc) is 2.69. The summed E-state index contributed by atoms with van der Waals surface area (Å²) in [5.41, 5.74) is 0.668. The molecule has 1 saturated carbocycles. The minimum absolute atomic E-state index is 0.520. The molecule has 0 atom stereocenters. The summed E-state index contributed by atoms with van der Waals surface area (Å²) >= 11 is 1.75. The molecule has 0 aliphatic heterocycles. The molecule has 1 aliphatic rings. The Morgan fingerprint density at radius 2 is 2.12 bits per heavy atom. The smallest absolute Gasteiger partial charge is 0.0907 e. The van der Waals surface area contributed by atoms with Crippen molar-refractivity contribution in [1.82, 2.24) is 0 Å². The van der Waals surface area contributed by atoms with Gasteiger partial charge in [-0.1, -0.05) is 19.8 Å². The highest BCUT2D eigenvalue weighted by Gasteiger charge is 2.35. The van der Waals surface area contributed by atoms with Gasteiger partial charge in [0.25, 0.3) is 0 Å². The van der Waals surface area contributed by atoms with E-state index in [1.807, 2.05) is 0 Å². The first-order valence-electron chi connectivity index (χ1n) is 6.42. The van der Waals surface area contributed by atoms with Crippen molar-refractivity contribution in [2.24, 2.45) is 5.92 Å². The second-order valence-electron chi connectivity index (χ2n) is 5.15. The normalized spacial score (nSPS) is 30.6. The minimum atomic E-state index is -0.520. The average molecular weight is 238 g/mol. The molecule has 1 nitrogen and oxygen atoms in total. The Hall–Kier alpha value is -0.340. The van der Waals surface area contributed by atoms with E-state index in [0.717, 1.165) is 18.8 Å². The van der Waals surface area contributed by atoms with Crippen LogP contribution in [0.1, 0.15) is 55.9 Å². The summed E-state index contributed by atoms with van der Waals surface area (Å²) in [4.78, 5) is 1.29. The van der Waals surface area contributed by atoms with E-state index >= 15 is 0 Å². The Balaban J connectivity index is 2.04. The summed E-state index contributed by atoms with van der Waals surface area (Å²) in [5.74, 6) is 0.851. The van der Waals surface area contributed by atoms with Gasteiger partial charge in [-0.3, -0.25) is 0 Å². The van der Waals surface area contributed by atoms with Gasteiger partial charge in [-0.25, -0.2) is 0 Å². The standard InChI is InChI=1S/C14H22OS/c1-3-4-12-5-8-14(15,9-6-12)13-7-10-16-11(13)2/h7,10,12,15H,3-6,8-9H2,1-2H3. The van der Waals surface area contributed by atoms with Crippen LogP contribution in [-0.4, -0.2) is 5.11 Å². The van der Waals surface area contributed by atoms with Gasteiger partial charge in [0.1, 0.15) is 0 Å². The number of hydrogen-bond donors (Lipinski definition) is 1. The second kappa shape index (κ2) is 4.89. The van der Waals surface area contributed by atoms with Crippen LogP contribution in [0.15, 0.2) is 11.4 Å². The van der Waals surface area contributed by atoms with E-state index in [1.165, 1.54) is 36.1 Å². The fraction of sp³-hybridized carbons (Fsp3) is 0.714. The van der Waals surface area contributed by atoms with E-state index in [2.05, 4.69) is 25.3 Å². The summed E-state index contributed by atoms with van der Waals surface area (Å²) in [6.07, 6.45) is 6.91. The van der Waals surface area contributed by atoms with Crippen molar-refractivity contribution in [2.75, 3.05) is 0 Å². The lowest BCUT2D eigenvalue weighted by molar-refractivity contribution is -0.0153. The second-order valence-corrected chi connectivity index (χ2v) is 6.27. The minimum Gasteiger partial charge on any atom is -0.385 e. The number of thiophene rings is 1. The Morgan fingerprint density at radius 1 is 1.44 bits per heavy atom. The van der Waals surface area contributed by atoms with Gasteiger partial charge < -0.3 is 5.11 Å². The Kier molecular flexibility index (Phi) is 3.70. The topological polar surface area (TPSA) is 20.2 Å². The van der Waals surface area contributed by atoms with Gasteiger partial charge in [-0.05, 0) is 55.5 Å². The van der Waals surface area contributed by atoms with Crippen LogP contribution < -0.4 is 0 Å². The number of aliphatic hydroxyl groups is 1. The van der Waals surface area contributed by atoms with Gasteiger partial charge in [-0.15, -0.1) is 11.3 Å². The summed E-state index contributed by atoms with van der Waals surface area (Å²) in [7, 11) is 0. The maximum atomic E-state index is 10.7. The number of hydrogen-bond acceptors (Lipinski definition) is 2. The van der Waals surface area contributed by atoms with Gasteiger partial charge in [0.05, 0.1) is 5.60 Å².